The van der Waals surface area contributed by atoms with E-state index in [0.29, 0.717) is 18.8 Å². The van der Waals surface area contributed by atoms with Crippen molar-refractivity contribution in [1.82, 2.24) is 19.7 Å². The zero-order valence-corrected chi connectivity index (χ0v) is 17.9. The Bertz CT molecular complexity index is 918. The summed E-state index contributed by atoms with van der Waals surface area (Å²) in [5.74, 6) is -1.02. The number of carbonyl (C=O) groups is 2. The van der Waals surface area contributed by atoms with Crippen molar-refractivity contribution in [3.05, 3.63) is 35.9 Å². The number of carbonyl (C=O) groups excluding carboxylic acids is 1. The minimum absolute atomic E-state index is 0.152. The molecular weight excluding hydrogens is 386 g/mol. The Morgan fingerprint density at radius 1 is 1.23 bits per heavy atom. The third kappa shape index (κ3) is 5.28. The van der Waals surface area contributed by atoms with E-state index in [1.54, 1.807) is 4.90 Å². The van der Waals surface area contributed by atoms with Crippen molar-refractivity contribution < 1.29 is 19.4 Å². The van der Waals surface area contributed by atoms with Gasteiger partial charge in [-0.1, -0.05) is 0 Å². The van der Waals surface area contributed by atoms with Crippen LogP contribution in [0.25, 0.3) is 0 Å². The molecule has 1 amide bonds. The third-order valence-electron chi connectivity index (χ3n) is 4.96. The van der Waals surface area contributed by atoms with Crippen molar-refractivity contribution in [2.45, 2.75) is 58.6 Å². The predicted molar refractivity (Wildman–Crippen MR) is 112 cm³/mol. The van der Waals surface area contributed by atoms with E-state index in [4.69, 9.17) is 4.74 Å². The molecule has 3 heterocycles. The van der Waals surface area contributed by atoms with Crippen LogP contribution in [0.15, 0.2) is 24.7 Å². The summed E-state index contributed by atoms with van der Waals surface area (Å²) < 4.78 is 7.40. The maximum atomic E-state index is 12.4. The van der Waals surface area contributed by atoms with Gasteiger partial charge in [0.05, 0.1) is 34.9 Å². The lowest BCUT2D eigenvalue weighted by Gasteiger charge is -2.26. The fourth-order valence-corrected chi connectivity index (χ4v) is 3.47. The van der Waals surface area contributed by atoms with Crippen molar-refractivity contribution in [2.75, 3.05) is 18.4 Å². The molecular formula is C21H29N5O4. The Balaban J connectivity index is 1.70. The molecule has 9 heteroatoms. The number of anilines is 2. The molecule has 0 saturated carbocycles. The fourth-order valence-electron chi connectivity index (χ4n) is 3.47. The molecule has 0 radical (unpaired) electrons. The number of pyridine rings is 1. The van der Waals surface area contributed by atoms with E-state index in [9.17, 15) is 14.7 Å². The average Bonchev–Trinajstić information content (AvgIpc) is 2.87. The number of carboxylic acid groups (broad SMARTS) is 1. The molecule has 0 aromatic carbocycles. The van der Waals surface area contributed by atoms with Crippen LogP contribution in [0.3, 0.4) is 0 Å². The molecule has 1 atom stereocenters. The SMILES string of the molecule is Cc1nn(C2CCCN(C(=O)OC(C)(C)C)CC2)cc1Nc1cnccc1C(=O)O. The second-order valence-electron chi connectivity index (χ2n) is 8.51. The topological polar surface area (TPSA) is 110 Å². The second kappa shape index (κ2) is 8.73. The number of nitrogens with zero attached hydrogens (tertiary/aromatic N) is 4. The number of amides is 1. The first-order valence-corrected chi connectivity index (χ1v) is 10.1. The van der Waals surface area contributed by atoms with Crippen molar-refractivity contribution in [2.24, 2.45) is 0 Å². The van der Waals surface area contributed by atoms with Crippen LogP contribution in [0.1, 0.15) is 62.1 Å². The van der Waals surface area contributed by atoms with E-state index in [0.717, 1.165) is 30.6 Å². The molecule has 30 heavy (non-hydrogen) atoms. The zero-order valence-electron chi connectivity index (χ0n) is 17.9. The highest BCUT2D eigenvalue weighted by Gasteiger charge is 2.26. The minimum Gasteiger partial charge on any atom is -0.478 e. The number of nitrogens with one attached hydrogen (secondary N) is 1. The van der Waals surface area contributed by atoms with Crippen LogP contribution in [-0.2, 0) is 4.74 Å². The summed E-state index contributed by atoms with van der Waals surface area (Å²) >= 11 is 0. The standard InChI is InChI=1S/C21H29N5O4/c1-14-18(23-17-12-22-9-7-16(17)19(27)28)13-26(24-14)15-6-5-10-25(11-8-15)20(29)30-21(2,3)4/h7,9,12-13,15,23H,5-6,8,10-11H2,1-4H3,(H,27,28). The summed E-state index contributed by atoms with van der Waals surface area (Å²) in [5.41, 5.74) is 1.57. The lowest BCUT2D eigenvalue weighted by Crippen LogP contribution is -2.37. The highest BCUT2D eigenvalue weighted by Crippen LogP contribution is 2.28. The van der Waals surface area contributed by atoms with Gasteiger partial charge in [-0.25, -0.2) is 9.59 Å². The molecule has 0 bridgehead atoms. The van der Waals surface area contributed by atoms with Crippen LogP contribution in [-0.4, -0.2) is 55.5 Å². The Morgan fingerprint density at radius 2 is 2.00 bits per heavy atom. The molecule has 1 fully saturated rings. The highest BCUT2D eigenvalue weighted by atomic mass is 16.6. The molecule has 1 aliphatic heterocycles. The molecule has 1 unspecified atom stereocenters. The van der Waals surface area contributed by atoms with Crippen molar-refractivity contribution >= 4 is 23.4 Å². The lowest BCUT2D eigenvalue weighted by molar-refractivity contribution is 0.0255. The summed E-state index contributed by atoms with van der Waals surface area (Å²) in [7, 11) is 0. The van der Waals surface area contributed by atoms with Crippen LogP contribution in [0.2, 0.25) is 0 Å². The predicted octanol–water partition coefficient (Wildman–Crippen LogP) is 3.99. The van der Waals surface area contributed by atoms with Gasteiger partial charge in [0.25, 0.3) is 0 Å². The number of ether oxygens (including phenoxy) is 1. The first-order valence-electron chi connectivity index (χ1n) is 10.1. The fraction of sp³-hybridized carbons (Fsp3) is 0.524. The summed E-state index contributed by atoms with van der Waals surface area (Å²) in [4.78, 5) is 29.6. The summed E-state index contributed by atoms with van der Waals surface area (Å²) in [6.07, 6.45) is 7.08. The van der Waals surface area contributed by atoms with Gasteiger partial charge in [-0.15, -0.1) is 0 Å². The van der Waals surface area contributed by atoms with Crippen molar-refractivity contribution in [1.29, 1.82) is 0 Å². The van der Waals surface area contributed by atoms with Gasteiger partial charge in [-0.05, 0) is 53.0 Å². The minimum atomic E-state index is -1.02. The van der Waals surface area contributed by atoms with Crippen LogP contribution in [0.5, 0.6) is 0 Å². The number of hydrogen-bond acceptors (Lipinski definition) is 6. The number of hydrogen-bond donors (Lipinski definition) is 2. The summed E-state index contributed by atoms with van der Waals surface area (Å²) in [6, 6.07) is 1.61. The first-order chi connectivity index (χ1) is 14.1. The summed E-state index contributed by atoms with van der Waals surface area (Å²) in [6.45, 7) is 8.74. The highest BCUT2D eigenvalue weighted by molar-refractivity contribution is 5.94. The van der Waals surface area contributed by atoms with E-state index in [1.165, 1.54) is 18.5 Å². The molecule has 3 rings (SSSR count). The monoisotopic (exact) mass is 415 g/mol. The molecule has 1 aliphatic rings. The zero-order chi connectivity index (χ0) is 21.9. The number of carboxylic acids is 1. The normalized spacial score (nSPS) is 17.3. The maximum Gasteiger partial charge on any atom is 0.410 e. The average molecular weight is 415 g/mol. The van der Waals surface area contributed by atoms with Gasteiger partial charge >= 0.3 is 12.1 Å². The second-order valence-corrected chi connectivity index (χ2v) is 8.51. The molecule has 2 aromatic rings. The lowest BCUT2D eigenvalue weighted by atomic mass is 10.1. The van der Waals surface area contributed by atoms with E-state index < -0.39 is 11.6 Å². The molecule has 9 nitrogen and oxygen atoms in total. The van der Waals surface area contributed by atoms with Crippen LogP contribution >= 0.6 is 0 Å². The smallest absolute Gasteiger partial charge is 0.410 e. The Hall–Kier alpha value is -3.10. The molecule has 0 aliphatic carbocycles. The van der Waals surface area contributed by atoms with E-state index in [2.05, 4.69) is 15.4 Å². The largest absolute Gasteiger partial charge is 0.478 e. The van der Waals surface area contributed by atoms with Crippen LogP contribution < -0.4 is 5.32 Å². The van der Waals surface area contributed by atoms with Gasteiger partial charge in [-0.2, -0.15) is 5.10 Å². The van der Waals surface area contributed by atoms with Gasteiger partial charge in [0.2, 0.25) is 0 Å². The molecule has 162 valence electrons. The third-order valence-corrected chi connectivity index (χ3v) is 4.96. The maximum absolute atomic E-state index is 12.4. The Morgan fingerprint density at radius 3 is 2.70 bits per heavy atom. The Kier molecular flexibility index (Phi) is 6.28. The van der Waals surface area contributed by atoms with E-state index in [-0.39, 0.29) is 17.7 Å². The summed E-state index contributed by atoms with van der Waals surface area (Å²) in [5, 5.41) is 17.1. The van der Waals surface area contributed by atoms with Gasteiger partial charge in [0.1, 0.15) is 5.60 Å². The number of aryl methyl sites for hydroxylation is 1. The quantitative estimate of drug-likeness (QED) is 0.777. The molecule has 2 aromatic heterocycles. The van der Waals surface area contributed by atoms with Gasteiger partial charge < -0.3 is 20.1 Å². The van der Waals surface area contributed by atoms with Crippen LogP contribution in [0.4, 0.5) is 16.2 Å². The van der Waals surface area contributed by atoms with E-state index >= 15 is 0 Å². The first kappa shape index (κ1) is 21.6. The van der Waals surface area contributed by atoms with Crippen molar-refractivity contribution in [3.63, 3.8) is 0 Å². The number of aromatic nitrogens is 3. The van der Waals surface area contributed by atoms with E-state index in [1.807, 2.05) is 38.6 Å². The molecule has 1 saturated heterocycles. The number of aromatic carboxylic acids is 1. The van der Waals surface area contributed by atoms with Gasteiger partial charge in [-0.3, -0.25) is 9.67 Å². The van der Waals surface area contributed by atoms with Gasteiger partial charge in [0, 0.05) is 25.5 Å². The number of likely N-dealkylation sites (tertiary alicyclic amines) is 1. The van der Waals surface area contributed by atoms with Gasteiger partial charge in [0.15, 0.2) is 0 Å². The van der Waals surface area contributed by atoms with Crippen LogP contribution in [0, 0.1) is 6.92 Å². The van der Waals surface area contributed by atoms with Crippen molar-refractivity contribution in [3.8, 4) is 0 Å². The molecule has 0 spiro atoms. The number of rotatable bonds is 4. The molecule has 2 N–H and O–H groups in total. The Labute approximate surface area is 176 Å².